The van der Waals surface area contributed by atoms with Gasteiger partial charge in [-0.25, -0.2) is 4.79 Å². The van der Waals surface area contributed by atoms with Crippen LogP contribution in [-0.4, -0.2) is 35.3 Å². The Morgan fingerprint density at radius 1 is 0.968 bits per heavy atom. The zero-order valence-electron chi connectivity index (χ0n) is 16.6. The Morgan fingerprint density at radius 3 is 2.32 bits per heavy atom. The van der Waals surface area contributed by atoms with Crippen LogP contribution in [-0.2, 0) is 0 Å². The third-order valence-corrected chi connectivity index (χ3v) is 4.25. The van der Waals surface area contributed by atoms with Crippen molar-refractivity contribution in [2.24, 2.45) is 4.99 Å². The second-order valence-electron chi connectivity index (χ2n) is 6.22. The number of nitrogens with zero attached hydrogens (tertiary/aromatic N) is 2. The summed E-state index contributed by atoms with van der Waals surface area (Å²) in [6.07, 6.45) is 4.52. The highest BCUT2D eigenvalue weighted by Gasteiger charge is 2.18. The molecule has 1 heterocycles. The van der Waals surface area contributed by atoms with Gasteiger partial charge in [-0.2, -0.15) is 0 Å². The lowest BCUT2D eigenvalue weighted by Crippen LogP contribution is -2.25. The van der Waals surface area contributed by atoms with E-state index < -0.39 is 21.9 Å². The number of aromatic nitrogens is 2. The number of ether oxygens (including phenoxy) is 2. The fourth-order valence-electron chi connectivity index (χ4n) is 2.71. The van der Waals surface area contributed by atoms with Crippen LogP contribution in [0.15, 0.2) is 57.0 Å². The van der Waals surface area contributed by atoms with Gasteiger partial charge in [0.25, 0.3) is 0 Å². The van der Waals surface area contributed by atoms with Crippen LogP contribution in [0.3, 0.4) is 0 Å². The molecule has 0 atom stereocenters. The largest absolute Gasteiger partial charge is 0.497 e. The molecule has 0 aliphatic heterocycles. The maximum atomic E-state index is 11.6. The molecule has 0 radical (unpaired) electrons. The Morgan fingerprint density at radius 2 is 1.68 bits per heavy atom. The predicted octanol–water partition coefficient (Wildman–Crippen LogP) is 2.91. The van der Waals surface area contributed by atoms with E-state index in [1.807, 2.05) is 4.98 Å². The fourth-order valence-corrected chi connectivity index (χ4v) is 2.71. The van der Waals surface area contributed by atoms with Crippen molar-refractivity contribution >= 4 is 29.7 Å². The SMILES string of the molecule is COc1ccc(N=Cc2ccc(C=Cc3[nH]c(=O)[nH]c(=O)c3[N+](=O)[O-])cc2)c(OC)c1. The van der Waals surface area contributed by atoms with E-state index in [-0.39, 0.29) is 5.69 Å². The molecule has 3 aromatic rings. The molecule has 0 amide bonds. The van der Waals surface area contributed by atoms with Gasteiger partial charge in [0.05, 0.1) is 19.1 Å². The van der Waals surface area contributed by atoms with Crippen LogP contribution in [0.25, 0.3) is 12.2 Å². The second-order valence-corrected chi connectivity index (χ2v) is 6.22. The molecular formula is C21H18N4O6. The zero-order chi connectivity index (χ0) is 22.4. The number of aromatic amines is 2. The van der Waals surface area contributed by atoms with Gasteiger partial charge in [0.15, 0.2) is 0 Å². The van der Waals surface area contributed by atoms with Gasteiger partial charge in [0.2, 0.25) is 0 Å². The van der Waals surface area contributed by atoms with E-state index in [0.717, 1.165) is 5.56 Å². The number of nitro groups is 1. The molecule has 31 heavy (non-hydrogen) atoms. The van der Waals surface area contributed by atoms with Crippen LogP contribution in [0.4, 0.5) is 11.4 Å². The fraction of sp³-hybridized carbons (Fsp3) is 0.0952. The molecule has 0 fully saturated rings. The van der Waals surface area contributed by atoms with Crippen molar-refractivity contribution in [1.29, 1.82) is 0 Å². The monoisotopic (exact) mass is 422 g/mol. The minimum atomic E-state index is -1.06. The molecule has 2 aromatic carbocycles. The summed E-state index contributed by atoms with van der Waals surface area (Å²) >= 11 is 0. The third-order valence-electron chi connectivity index (χ3n) is 4.25. The Kier molecular flexibility index (Phi) is 6.41. The second kappa shape index (κ2) is 9.35. The summed E-state index contributed by atoms with van der Waals surface area (Å²) in [5, 5.41) is 11.1. The average molecular weight is 422 g/mol. The average Bonchev–Trinajstić information content (AvgIpc) is 2.76. The van der Waals surface area contributed by atoms with Gasteiger partial charge in [-0.3, -0.25) is 24.9 Å². The predicted molar refractivity (Wildman–Crippen MR) is 117 cm³/mol. The van der Waals surface area contributed by atoms with E-state index in [1.165, 1.54) is 6.08 Å². The maximum Gasteiger partial charge on any atom is 0.357 e. The van der Waals surface area contributed by atoms with Crippen molar-refractivity contribution in [1.82, 2.24) is 9.97 Å². The summed E-state index contributed by atoms with van der Waals surface area (Å²) in [6, 6.07) is 12.4. The van der Waals surface area contributed by atoms with Crippen LogP contribution in [0.5, 0.6) is 11.5 Å². The van der Waals surface area contributed by atoms with Crippen molar-refractivity contribution in [2.75, 3.05) is 14.2 Å². The van der Waals surface area contributed by atoms with Crippen molar-refractivity contribution < 1.29 is 14.4 Å². The van der Waals surface area contributed by atoms with Crippen molar-refractivity contribution in [3.63, 3.8) is 0 Å². The normalized spacial score (nSPS) is 11.2. The molecule has 10 heteroatoms. The minimum absolute atomic E-state index is 0.184. The standard InChI is InChI=1S/C21H18N4O6/c1-30-15-8-10-16(18(11-15)31-2)22-12-14-5-3-13(4-6-14)7-9-17-19(25(28)29)20(26)24-21(27)23-17/h3-12H,1-2H3,(H2,23,24,26,27). The quantitative estimate of drug-likeness (QED) is 0.341. The summed E-state index contributed by atoms with van der Waals surface area (Å²) in [7, 11) is 3.12. The van der Waals surface area contributed by atoms with E-state index in [1.54, 1.807) is 69.0 Å². The Hall–Kier alpha value is -4.47. The van der Waals surface area contributed by atoms with E-state index >= 15 is 0 Å². The molecule has 0 aliphatic rings. The van der Waals surface area contributed by atoms with Gasteiger partial charge in [-0.05, 0) is 29.3 Å². The highest BCUT2D eigenvalue weighted by atomic mass is 16.6. The Bertz CT molecular complexity index is 1270. The maximum absolute atomic E-state index is 11.6. The molecule has 2 N–H and O–H groups in total. The molecule has 0 aliphatic carbocycles. The third kappa shape index (κ3) is 5.12. The van der Waals surface area contributed by atoms with Gasteiger partial charge >= 0.3 is 16.9 Å². The number of hydrogen-bond acceptors (Lipinski definition) is 7. The molecule has 0 spiro atoms. The summed E-state index contributed by atoms with van der Waals surface area (Å²) < 4.78 is 10.5. The summed E-state index contributed by atoms with van der Waals surface area (Å²) in [4.78, 5) is 41.8. The topological polar surface area (TPSA) is 140 Å². The minimum Gasteiger partial charge on any atom is -0.497 e. The first-order valence-corrected chi connectivity index (χ1v) is 8.96. The van der Waals surface area contributed by atoms with Crippen molar-refractivity contribution in [3.8, 4) is 11.5 Å². The number of nitrogens with one attached hydrogen (secondary N) is 2. The first kappa shape index (κ1) is 21.2. The van der Waals surface area contributed by atoms with Gasteiger partial charge in [-0.1, -0.05) is 30.3 Å². The highest BCUT2D eigenvalue weighted by Crippen LogP contribution is 2.31. The van der Waals surface area contributed by atoms with Crippen molar-refractivity contribution in [2.45, 2.75) is 0 Å². The molecule has 0 saturated carbocycles. The zero-order valence-corrected chi connectivity index (χ0v) is 16.6. The molecule has 158 valence electrons. The van der Waals surface area contributed by atoms with Gasteiger partial charge < -0.3 is 14.5 Å². The van der Waals surface area contributed by atoms with Crippen LogP contribution < -0.4 is 20.7 Å². The molecule has 0 saturated heterocycles. The molecule has 10 nitrogen and oxygen atoms in total. The number of rotatable bonds is 7. The smallest absolute Gasteiger partial charge is 0.357 e. The number of H-pyrrole nitrogens is 2. The first-order chi connectivity index (χ1) is 14.9. The Labute approximate surface area is 175 Å². The van der Waals surface area contributed by atoms with Gasteiger partial charge in [-0.15, -0.1) is 0 Å². The first-order valence-electron chi connectivity index (χ1n) is 8.96. The van der Waals surface area contributed by atoms with E-state index in [0.29, 0.717) is 22.7 Å². The number of aliphatic imine (C=N–C) groups is 1. The van der Waals surface area contributed by atoms with E-state index in [4.69, 9.17) is 9.47 Å². The number of benzene rings is 2. The lowest BCUT2D eigenvalue weighted by molar-refractivity contribution is -0.386. The van der Waals surface area contributed by atoms with E-state index in [9.17, 15) is 19.7 Å². The van der Waals surface area contributed by atoms with Crippen LogP contribution in [0.1, 0.15) is 16.8 Å². The summed E-state index contributed by atoms with van der Waals surface area (Å²) in [6.45, 7) is 0. The number of hydrogen-bond donors (Lipinski definition) is 2. The lowest BCUT2D eigenvalue weighted by atomic mass is 10.1. The molecule has 1 aromatic heterocycles. The summed E-state index contributed by atoms with van der Waals surface area (Å²) in [5.74, 6) is 1.23. The molecule has 0 bridgehead atoms. The molecule has 0 unspecified atom stereocenters. The van der Waals surface area contributed by atoms with Crippen LogP contribution >= 0.6 is 0 Å². The van der Waals surface area contributed by atoms with Crippen LogP contribution in [0.2, 0.25) is 0 Å². The van der Waals surface area contributed by atoms with Crippen LogP contribution in [0, 0.1) is 10.1 Å². The molecule has 3 rings (SSSR count). The summed E-state index contributed by atoms with van der Waals surface area (Å²) in [5.41, 5.74) is -0.647. The van der Waals surface area contributed by atoms with Gasteiger partial charge in [0, 0.05) is 12.3 Å². The lowest BCUT2D eigenvalue weighted by Gasteiger charge is -2.06. The highest BCUT2D eigenvalue weighted by molar-refractivity contribution is 5.83. The van der Waals surface area contributed by atoms with Gasteiger partial charge in [0.1, 0.15) is 22.9 Å². The Balaban J connectivity index is 1.80. The number of methoxy groups -OCH3 is 2. The van der Waals surface area contributed by atoms with Crippen molar-refractivity contribution in [3.05, 3.63) is 90.2 Å². The molecular weight excluding hydrogens is 404 g/mol. The van der Waals surface area contributed by atoms with E-state index in [2.05, 4.69) is 9.98 Å².